The molecule has 2 rings (SSSR count). The number of amides is 1. The number of halogens is 1. The Labute approximate surface area is 117 Å². The molecule has 0 spiro atoms. The van der Waals surface area contributed by atoms with Crippen LogP contribution in [0.4, 0.5) is 10.1 Å². The molecule has 2 aromatic carbocycles. The zero-order chi connectivity index (χ0) is 14.5. The van der Waals surface area contributed by atoms with Crippen molar-refractivity contribution in [3.8, 4) is 0 Å². The molecule has 0 radical (unpaired) electrons. The Morgan fingerprint density at radius 3 is 2.60 bits per heavy atom. The molecule has 1 amide bonds. The van der Waals surface area contributed by atoms with E-state index in [-0.39, 0.29) is 18.1 Å². The lowest BCUT2D eigenvalue weighted by molar-refractivity contribution is -0.115. The van der Waals surface area contributed by atoms with Crippen LogP contribution in [0.1, 0.15) is 16.7 Å². The highest BCUT2D eigenvalue weighted by Crippen LogP contribution is 2.17. The normalized spacial score (nSPS) is 10.3. The van der Waals surface area contributed by atoms with Crippen LogP contribution in [0.2, 0.25) is 0 Å². The van der Waals surface area contributed by atoms with Gasteiger partial charge in [0.15, 0.2) is 0 Å². The Bertz CT molecular complexity index is 626. The van der Waals surface area contributed by atoms with Gasteiger partial charge in [-0.3, -0.25) is 4.79 Å². The summed E-state index contributed by atoms with van der Waals surface area (Å²) in [7, 11) is 0. The van der Waals surface area contributed by atoms with Gasteiger partial charge in [-0.15, -0.1) is 0 Å². The molecule has 3 N–H and O–H groups in total. The molecular weight excluding hydrogens is 255 g/mol. The van der Waals surface area contributed by atoms with Crippen LogP contribution in [0.25, 0.3) is 0 Å². The number of hydrogen-bond acceptors (Lipinski definition) is 2. The molecule has 0 heterocycles. The van der Waals surface area contributed by atoms with Crippen molar-refractivity contribution >= 4 is 11.6 Å². The summed E-state index contributed by atoms with van der Waals surface area (Å²) in [5.74, 6) is -0.548. The maximum absolute atomic E-state index is 13.2. The summed E-state index contributed by atoms with van der Waals surface area (Å²) >= 11 is 0. The smallest absolute Gasteiger partial charge is 0.228 e. The van der Waals surface area contributed by atoms with E-state index in [1.807, 2.05) is 31.2 Å². The number of nitrogens with one attached hydrogen (secondary N) is 1. The Balaban J connectivity index is 2.11. The monoisotopic (exact) mass is 272 g/mol. The highest BCUT2D eigenvalue weighted by atomic mass is 19.1. The minimum atomic E-state index is -0.367. The lowest BCUT2D eigenvalue weighted by Gasteiger charge is -2.10. The van der Waals surface area contributed by atoms with E-state index in [1.165, 1.54) is 12.1 Å². The first-order valence-corrected chi connectivity index (χ1v) is 6.43. The number of rotatable bonds is 4. The lowest BCUT2D eigenvalue weighted by atomic mass is 10.0. The van der Waals surface area contributed by atoms with Crippen LogP contribution in [0.15, 0.2) is 42.5 Å². The molecule has 0 aromatic heterocycles. The van der Waals surface area contributed by atoms with Gasteiger partial charge >= 0.3 is 0 Å². The fourth-order valence-electron chi connectivity index (χ4n) is 2.03. The zero-order valence-electron chi connectivity index (χ0n) is 11.3. The largest absolute Gasteiger partial charge is 0.326 e. The fraction of sp³-hybridized carbons (Fsp3) is 0.188. The van der Waals surface area contributed by atoms with Gasteiger partial charge in [-0.05, 0) is 35.7 Å². The highest BCUT2D eigenvalue weighted by molar-refractivity contribution is 5.93. The van der Waals surface area contributed by atoms with Crippen molar-refractivity contribution in [1.82, 2.24) is 0 Å². The molecule has 20 heavy (non-hydrogen) atoms. The van der Waals surface area contributed by atoms with Crippen LogP contribution >= 0.6 is 0 Å². The molecule has 4 heteroatoms. The zero-order valence-corrected chi connectivity index (χ0v) is 11.3. The van der Waals surface area contributed by atoms with Gasteiger partial charge in [-0.1, -0.05) is 30.3 Å². The number of carbonyl (C=O) groups is 1. The van der Waals surface area contributed by atoms with Gasteiger partial charge in [0.05, 0.1) is 6.42 Å². The van der Waals surface area contributed by atoms with Gasteiger partial charge in [0.1, 0.15) is 5.82 Å². The van der Waals surface area contributed by atoms with Crippen molar-refractivity contribution in [2.45, 2.75) is 19.9 Å². The van der Waals surface area contributed by atoms with E-state index in [1.54, 1.807) is 6.07 Å². The second-order valence-corrected chi connectivity index (χ2v) is 4.66. The molecule has 0 fully saturated rings. The maximum Gasteiger partial charge on any atom is 0.228 e. The number of benzene rings is 2. The third-order valence-electron chi connectivity index (χ3n) is 3.16. The predicted molar refractivity (Wildman–Crippen MR) is 77.8 cm³/mol. The van der Waals surface area contributed by atoms with Gasteiger partial charge in [-0.25, -0.2) is 4.39 Å². The maximum atomic E-state index is 13.2. The Morgan fingerprint density at radius 1 is 1.20 bits per heavy atom. The quantitative estimate of drug-likeness (QED) is 0.899. The van der Waals surface area contributed by atoms with Gasteiger partial charge < -0.3 is 11.1 Å². The second-order valence-electron chi connectivity index (χ2n) is 4.66. The third kappa shape index (κ3) is 3.42. The average molecular weight is 272 g/mol. The van der Waals surface area contributed by atoms with E-state index >= 15 is 0 Å². The van der Waals surface area contributed by atoms with E-state index in [4.69, 9.17) is 5.73 Å². The Kier molecular flexibility index (Phi) is 4.48. The average Bonchev–Trinajstić information content (AvgIpc) is 2.43. The summed E-state index contributed by atoms with van der Waals surface area (Å²) in [5.41, 5.74) is 8.80. The predicted octanol–water partition coefficient (Wildman–Crippen LogP) is 2.77. The lowest BCUT2D eigenvalue weighted by Crippen LogP contribution is -2.16. The van der Waals surface area contributed by atoms with Crippen LogP contribution in [0.3, 0.4) is 0 Å². The number of aryl methyl sites for hydroxylation is 1. The van der Waals surface area contributed by atoms with Crippen LogP contribution in [-0.4, -0.2) is 5.91 Å². The fourth-order valence-corrected chi connectivity index (χ4v) is 2.03. The highest BCUT2D eigenvalue weighted by Gasteiger charge is 2.09. The van der Waals surface area contributed by atoms with Crippen molar-refractivity contribution in [1.29, 1.82) is 0 Å². The van der Waals surface area contributed by atoms with Crippen molar-refractivity contribution in [3.05, 3.63) is 65.0 Å². The van der Waals surface area contributed by atoms with Crippen molar-refractivity contribution < 1.29 is 9.18 Å². The van der Waals surface area contributed by atoms with Gasteiger partial charge in [0.25, 0.3) is 0 Å². The van der Waals surface area contributed by atoms with Crippen molar-refractivity contribution in [3.63, 3.8) is 0 Å². The minimum absolute atomic E-state index is 0.181. The second kappa shape index (κ2) is 6.30. The first-order valence-electron chi connectivity index (χ1n) is 6.43. The molecule has 104 valence electrons. The number of anilines is 1. The molecule has 0 bridgehead atoms. The molecule has 2 aromatic rings. The third-order valence-corrected chi connectivity index (χ3v) is 3.16. The van der Waals surface area contributed by atoms with E-state index in [0.29, 0.717) is 12.2 Å². The number of carbonyl (C=O) groups excluding carboxylic acids is 1. The summed E-state index contributed by atoms with van der Waals surface area (Å²) in [6, 6.07) is 11.9. The molecule has 0 saturated carbocycles. The van der Waals surface area contributed by atoms with Crippen LogP contribution in [-0.2, 0) is 17.8 Å². The summed E-state index contributed by atoms with van der Waals surface area (Å²) in [6.07, 6.45) is 0.226. The summed E-state index contributed by atoms with van der Waals surface area (Å²) in [5, 5.41) is 2.73. The first-order chi connectivity index (χ1) is 9.60. The molecule has 0 aliphatic carbocycles. The molecule has 0 aliphatic heterocycles. The SMILES string of the molecule is Cc1ccc(F)cc1NC(=O)Cc1ccccc1CN. The summed E-state index contributed by atoms with van der Waals surface area (Å²) in [6.45, 7) is 2.21. The molecule has 0 saturated heterocycles. The van der Waals surface area contributed by atoms with Crippen LogP contribution in [0, 0.1) is 12.7 Å². The van der Waals surface area contributed by atoms with E-state index in [0.717, 1.165) is 16.7 Å². The topological polar surface area (TPSA) is 55.1 Å². The summed E-state index contributed by atoms with van der Waals surface area (Å²) in [4.78, 5) is 12.0. The Hall–Kier alpha value is -2.20. The molecule has 0 aliphatic rings. The number of nitrogens with two attached hydrogens (primary N) is 1. The van der Waals surface area contributed by atoms with Crippen molar-refractivity contribution in [2.75, 3.05) is 5.32 Å². The van der Waals surface area contributed by atoms with E-state index < -0.39 is 0 Å². The van der Waals surface area contributed by atoms with Gasteiger partial charge in [-0.2, -0.15) is 0 Å². The van der Waals surface area contributed by atoms with Crippen LogP contribution in [0.5, 0.6) is 0 Å². The summed E-state index contributed by atoms with van der Waals surface area (Å²) < 4.78 is 13.2. The molecule has 3 nitrogen and oxygen atoms in total. The van der Waals surface area contributed by atoms with E-state index in [2.05, 4.69) is 5.32 Å². The standard InChI is InChI=1S/C16H17FN2O/c1-11-6-7-14(17)9-15(11)19-16(20)8-12-4-2-3-5-13(12)10-18/h2-7,9H,8,10,18H2,1H3,(H,19,20). The van der Waals surface area contributed by atoms with Crippen LogP contribution < -0.4 is 11.1 Å². The van der Waals surface area contributed by atoms with Gasteiger partial charge in [0, 0.05) is 12.2 Å². The Morgan fingerprint density at radius 2 is 1.90 bits per heavy atom. The minimum Gasteiger partial charge on any atom is -0.326 e. The molecule has 0 atom stereocenters. The first kappa shape index (κ1) is 14.2. The van der Waals surface area contributed by atoms with Crippen molar-refractivity contribution in [2.24, 2.45) is 5.73 Å². The molecular formula is C16H17FN2O. The van der Waals surface area contributed by atoms with E-state index in [9.17, 15) is 9.18 Å². The van der Waals surface area contributed by atoms with Gasteiger partial charge in [0.2, 0.25) is 5.91 Å². The number of hydrogen-bond donors (Lipinski definition) is 2. The molecule has 0 unspecified atom stereocenters.